The number of aryl methyl sites for hydroxylation is 3. The normalized spacial score (nSPS) is 11.2. The van der Waals surface area contributed by atoms with Crippen LogP contribution in [0.2, 0.25) is 0 Å². The van der Waals surface area contributed by atoms with E-state index in [0.29, 0.717) is 17.0 Å². The summed E-state index contributed by atoms with van der Waals surface area (Å²) in [6, 6.07) is 16.6. The highest BCUT2D eigenvalue weighted by atomic mass is 19.1. The van der Waals surface area contributed by atoms with Crippen molar-refractivity contribution in [2.45, 2.75) is 27.4 Å². The molecule has 0 saturated heterocycles. The SMILES string of the molecule is Cc1ccccc1-n1nc(-c2c(C)nc3c(OCc4c(F)cccc4F)cccn3c2=O)cc1C. The molecule has 0 aliphatic carbocycles. The molecule has 0 aliphatic heterocycles. The maximum Gasteiger partial charge on any atom is 0.267 e. The first-order valence-electron chi connectivity index (χ1n) is 11.1. The maximum atomic E-state index is 14.0. The number of hydrogen-bond acceptors (Lipinski definition) is 4. The van der Waals surface area contributed by atoms with Gasteiger partial charge in [0.05, 0.1) is 22.5 Å². The molecule has 6 nitrogen and oxygen atoms in total. The fraction of sp³-hybridized carbons (Fsp3) is 0.148. The summed E-state index contributed by atoms with van der Waals surface area (Å²) in [4.78, 5) is 18.1. The highest BCUT2D eigenvalue weighted by Gasteiger charge is 2.19. The van der Waals surface area contributed by atoms with Gasteiger partial charge in [-0.05, 0) is 62.7 Å². The van der Waals surface area contributed by atoms with Crippen molar-refractivity contribution in [3.63, 3.8) is 0 Å². The minimum Gasteiger partial charge on any atom is -0.485 e. The lowest BCUT2D eigenvalue weighted by Crippen LogP contribution is -2.19. The predicted molar refractivity (Wildman–Crippen MR) is 129 cm³/mol. The summed E-state index contributed by atoms with van der Waals surface area (Å²) >= 11 is 0. The molecule has 8 heteroatoms. The lowest BCUT2D eigenvalue weighted by Gasteiger charge is -2.12. The average molecular weight is 472 g/mol. The van der Waals surface area contributed by atoms with Crippen LogP contribution in [-0.4, -0.2) is 19.2 Å². The Balaban J connectivity index is 1.57. The Hall–Kier alpha value is -4.33. The first-order chi connectivity index (χ1) is 16.8. The summed E-state index contributed by atoms with van der Waals surface area (Å²) in [5.41, 5.74) is 3.96. The summed E-state index contributed by atoms with van der Waals surface area (Å²) in [6.07, 6.45) is 1.58. The van der Waals surface area contributed by atoms with Gasteiger partial charge in [0, 0.05) is 11.9 Å². The quantitative estimate of drug-likeness (QED) is 0.347. The Bertz CT molecular complexity index is 1620. The number of hydrogen-bond donors (Lipinski definition) is 0. The van der Waals surface area contributed by atoms with Crippen LogP contribution in [0.25, 0.3) is 22.6 Å². The third kappa shape index (κ3) is 3.97. The molecule has 176 valence electrons. The zero-order chi connectivity index (χ0) is 24.7. The standard InChI is InChI=1S/C27H22F2N4O2/c1-16-8-4-5-11-23(16)33-17(2)14-22(31-33)25-18(3)30-26-24(12-7-13-32(26)27(25)34)35-15-19-20(28)9-6-10-21(19)29/h4-14H,15H2,1-3H3. The Morgan fingerprint density at radius 3 is 2.43 bits per heavy atom. The number of nitrogens with zero attached hydrogens (tertiary/aromatic N) is 4. The first-order valence-corrected chi connectivity index (χ1v) is 11.1. The van der Waals surface area contributed by atoms with Gasteiger partial charge in [-0.15, -0.1) is 0 Å². The second-order valence-corrected chi connectivity index (χ2v) is 8.30. The molecule has 3 heterocycles. The van der Waals surface area contributed by atoms with Gasteiger partial charge in [-0.3, -0.25) is 9.20 Å². The Morgan fingerprint density at radius 1 is 0.943 bits per heavy atom. The van der Waals surface area contributed by atoms with Gasteiger partial charge in [0.2, 0.25) is 0 Å². The number of aromatic nitrogens is 4. The molecule has 0 saturated carbocycles. The van der Waals surface area contributed by atoms with Crippen LogP contribution in [0.1, 0.15) is 22.5 Å². The van der Waals surface area contributed by atoms with Crippen LogP contribution in [0.3, 0.4) is 0 Å². The van der Waals surface area contributed by atoms with Crippen LogP contribution in [0.4, 0.5) is 8.78 Å². The Labute approximate surface area is 200 Å². The van der Waals surface area contributed by atoms with Crippen molar-refractivity contribution >= 4 is 5.65 Å². The monoisotopic (exact) mass is 472 g/mol. The number of fused-ring (bicyclic) bond motifs is 1. The van der Waals surface area contributed by atoms with Crippen LogP contribution < -0.4 is 10.3 Å². The Morgan fingerprint density at radius 2 is 1.69 bits per heavy atom. The molecule has 35 heavy (non-hydrogen) atoms. The second-order valence-electron chi connectivity index (χ2n) is 8.30. The third-order valence-electron chi connectivity index (χ3n) is 5.92. The molecule has 2 aromatic carbocycles. The fourth-order valence-corrected chi connectivity index (χ4v) is 4.11. The highest BCUT2D eigenvalue weighted by molar-refractivity contribution is 5.66. The lowest BCUT2D eigenvalue weighted by molar-refractivity contribution is 0.294. The topological polar surface area (TPSA) is 61.4 Å². The molecule has 5 rings (SSSR count). The summed E-state index contributed by atoms with van der Waals surface area (Å²) < 4.78 is 36.9. The molecule has 0 spiro atoms. The molecular weight excluding hydrogens is 450 g/mol. The summed E-state index contributed by atoms with van der Waals surface area (Å²) in [5.74, 6) is -1.16. The smallest absolute Gasteiger partial charge is 0.267 e. The van der Waals surface area contributed by atoms with Crippen molar-refractivity contribution in [3.05, 3.63) is 111 Å². The van der Waals surface area contributed by atoms with Crippen molar-refractivity contribution in [1.82, 2.24) is 19.2 Å². The van der Waals surface area contributed by atoms with E-state index < -0.39 is 11.6 Å². The van der Waals surface area contributed by atoms with Crippen molar-refractivity contribution in [2.75, 3.05) is 0 Å². The maximum absolute atomic E-state index is 14.0. The van der Waals surface area contributed by atoms with Crippen molar-refractivity contribution < 1.29 is 13.5 Å². The van der Waals surface area contributed by atoms with Gasteiger partial charge in [0.25, 0.3) is 5.56 Å². The molecule has 0 bridgehead atoms. The number of halogens is 2. The van der Waals surface area contributed by atoms with Crippen LogP contribution in [0.15, 0.2) is 71.7 Å². The van der Waals surface area contributed by atoms with Crippen LogP contribution in [0.5, 0.6) is 5.75 Å². The Kier molecular flexibility index (Phi) is 5.64. The zero-order valence-electron chi connectivity index (χ0n) is 19.4. The van der Waals surface area contributed by atoms with E-state index >= 15 is 0 Å². The van der Waals surface area contributed by atoms with Crippen LogP contribution >= 0.6 is 0 Å². The molecule has 0 N–H and O–H groups in total. The molecule has 5 aromatic rings. The number of rotatable bonds is 5. The molecule has 0 fully saturated rings. The van der Waals surface area contributed by atoms with Gasteiger partial charge < -0.3 is 4.74 Å². The average Bonchev–Trinajstić information content (AvgIpc) is 3.20. The second kappa shape index (κ2) is 8.79. The van der Waals surface area contributed by atoms with Crippen molar-refractivity contribution in [3.8, 4) is 22.7 Å². The summed E-state index contributed by atoms with van der Waals surface area (Å²) in [5, 5.41) is 4.71. The van der Waals surface area contributed by atoms with E-state index in [9.17, 15) is 13.6 Å². The van der Waals surface area contributed by atoms with Crippen molar-refractivity contribution in [2.24, 2.45) is 0 Å². The van der Waals surface area contributed by atoms with Gasteiger partial charge in [-0.1, -0.05) is 24.3 Å². The van der Waals surface area contributed by atoms with Gasteiger partial charge in [-0.25, -0.2) is 18.4 Å². The number of pyridine rings is 1. The van der Waals surface area contributed by atoms with E-state index in [1.807, 2.05) is 44.2 Å². The van der Waals surface area contributed by atoms with Gasteiger partial charge in [0.1, 0.15) is 23.9 Å². The van der Waals surface area contributed by atoms with E-state index in [0.717, 1.165) is 16.9 Å². The van der Waals surface area contributed by atoms with Crippen LogP contribution in [-0.2, 0) is 6.61 Å². The summed E-state index contributed by atoms with van der Waals surface area (Å²) in [6.45, 7) is 5.32. The zero-order valence-corrected chi connectivity index (χ0v) is 19.4. The molecule has 0 unspecified atom stereocenters. The van der Waals surface area contributed by atoms with E-state index in [1.54, 1.807) is 29.9 Å². The van der Waals surface area contributed by atoms with E-state index in [1.165, 1.54) is 22.6 Å². The number of benzene rings is 2. The summed E-state index contributed by atoms with van der Waals surface area (Å²) in [7, 11) is 0. The lowest BCUT2D eigenvalue weighted by atomic mass is 10.1. The van der Waals surface area contributed by atoms with E-state index in [-0.39, 0.29) is 29.1 Å². The molecule has 0 atom stereocenters. The minimum absolute atomic E-state index is 0.192. The molecule has 0 radical (unpaired) electrons. The molecule has 3 aromatic heterocycles. The van der Waals surface area contributed by atoms with Crippen molar-refractivity contribution in [1.29, 1.82) is 0 Å². The number of ether oxygens (including phenoxy) is 1. The first kappa shape index (κ1) is 22.5. The minimum atomic E-state index is -0.701. The highest BCUT2D eigenvalue weighted by Crippen LogP contribution is 2.25. The van der Waals surface area contributed by atoms with Gasteiger partial charge >= 0.3 is 0 Å². The largest absolute Gasteiger partial charge is 0.485 e. The third-order valence-corrected chi connectivity index (χ3v) is 5.92. The van der Waals surface area contributed by atoms with E-state index in [4.69, 9.17) is 9.84 Å². The predicted octanol–water partition coefficient (Wildman–Crippen LogP) is 5.33. The molecular formula is C27H22F2N4O2. The van der Waals surface area contributed by atoms with E-state index in [2.05, 4.69) is 4.98 Å². The molecule has 0 aliphatic rings. The number of para-hydroxylation sites is 1. The van der Waals surface area contributed by atoms with Gasteiger partial charge in [-0.2, -0.15) is 5.10 Å². The van der Waals surface area contributed by atoms with Crippen LogP contribution in [0, 0.1) is 32.4 Å². The molecule has 0 amide bonds. The fourth-order valence-electron chi connectivity index (χ4n) is 4.11. The van der Waals surface area contributed by atoms with Gasteiger partial charge in [0.15, 0.2) is 11.4 Å².